The topological polar surface area (TPSA) is 58.6 Å². The molecule has 1 fully saturated rings. The molecule has 1 aliphatic heterocycles. The molecule has 3 aromatic rings. The van der Waals surface area contributed by atoms with Gasteiger partial charge in [0.05, 0.1) is 0 Å². The first kappa shape index (κ1) is 17.1. The van der Waals surface area contributed by atoms with Crippen LogP contribution in [0, 0.1) is 0 Å². The van der Waals surface area contributed by atoms with Crippen LogP contribution in [0.5, 0.6) is 5.75 Å². The second-order valence-electron chi connectivity index (χ2n) is 6.57. The number of likely N-dealkylation sites (tertiary alicyclic amines) is 1. The summed E-state index contributed by atoms with van der Waals surface area (Å²) < 4.78 is 5.36. The molecule has 1 aliphatic rings. The number of nitrogens with zero attached hydrogens (tertiary/aromatic N) is 1. The van der Waals surface area contributed by atoms with Crippen molar-refractivity contribution >= 4 is 28.5 Å². The summed E-state index contributed by atoms with van der Waals surface area (Å²) >= 11 is 0. The monoisotopic (exact) mass is 360 g/mol. The standard InChI is InChI=1S/C22H20N2O3/c25-21(23-20-9-5-7-16-6-1-2-8-19(16)20)17-10-12-18(13-11-17)27-22(26)24-14-3-4-15-24/h1-2,5-13H,3-4,14-15H2,(H,23,25). The third-order valence-corrected chi connectivity index (χ3v) is 4.72. The SMILES string of the molecule is O=C(Nc1cccc2ccccc12)c1ccc(OC(=O)N2CCCC2)cc1. The summed E-state index contributed by atoms with van der Waals surface area (Å²) in [7, 11) is 0. The largest absolute Gasteiger partial charge is 0.415 e. The molecule has 5 nitrogen and oxygen atoms in total. The van der Waals surface area contributed by atoms with Crippen LogP contribution in [0.3, 0.4) is 0 Å². The van der Waals surface area contributed by atoms with E-state index < -0.39 is 0 Å². The molecular weight excluding hydrogens is 340 g/mol. The molecule has 0 spiro atoms. The van der Waals surface area contributed by atoms with Gasteiger partial charge in [0.15, 0.2) is 0 Å². The van der Waals surface area contributed by atoms with Crippen molar-refractivity contribution < 1.29 is 14.3 Å². The van der Waals surface area contributed by atoms with E-state index in [1.54, 1.807) is 29.2 Å². The number of hydrogen-bond donors (Lipinski definition) is 1. The molecule has 0 bridgehead atoms. The highest BCUT2D eigenvalue weighted by Crippen LogP contribution is 2.24. The maximum atomic E-state index is 12.6. The first-order chi connectivity index (χ1) is 13.2. The van der Waals surface area contributed by atoms with Gasteiger partial charge in [0.2, 0.25) is 0 Å². The molecule has 2 amide bonds. The number of benzene rings is 3. The minimum absolute atomic E-state index is 0.205. The molecule has 27 heavy (non-hydrogen) atoms. The maximum absolute atomic E-state index is 12.6. The van der Waals surface area contributed by atoms with E-state index >= 15 is 0 Å². The predicted octanol–water partition coefficient (Wildman–Crippen LogP) is 4.69. The van der Waals surface area contributed by atoms with Crippen molar-refractivity contribution in [1.82, 2.24) is 4.90 Å². The van der Waals surface area contributed by atoms with Crippen molar-refractivity contribution in [2.45, 2.75) is 12.8 Å². The van der Waals surface area contributed by atoms with Crippen LogP contribution < -0.4 is 10.1 Å². The van der Waals surface area contributed by atoms with Gasteiger partial charge in [-0.2, -0.15) is 0 Å². The van der Waals surface area contributed by atoms with Crippen LogP contribution in [0.15, 0.2) is 66.7 Å². The molecule has 3 aromatic carbocycles. The molecule has 1 saturated heterocycles. The highest BCUT2D eigenvalue weighted by Gasteiger charge is 2.19. The molecule has 1 N–H and O–H groups in total. The summed E-state index contributed by atoms with van der Waals surface area (Å²) in [6.45, 7) is 1.48. The molecule has 1 heterocycles. The van der Waals surface area contributed by atoms with Crippen molar-refractivity contribution in [2.75, 3.05) is 18.4 Å². The molecule has 0 aliphatic carbocycles. The van der Waals surface area contributed by atoms with E-state index in [2.05, 4.69) is 5.32 Å². The zero-order chi connectivity index (χ0) is 18.6. The summed E-state index contributed by atoms with van der Waals surface area (Å²) in [5.74, 6) is 0.234. The van der Waals surface area contributed by atoms with Gasteiger partial charge in [0.1, 0.15) is 5.75 Å². The Bertz CT molecular complexity index is 971. The predicted molar refractivity (Wildman–Crippen MR) is 105 cm³/mol. The fourth-order valence-electron chi connectivity index (χ4n) is 3.27. The number of carbonyl (C=O) groups is 2. The van der Waals surface area contributed by atoms with E-state index in [-0.39, 0.29) is 12.0 Å². The summed E-state index contributed by atoms with van der Waals surface area (Å²) in [4.78, 5) is 26.3. The third kappa shape index (κ3) is 3.77. The van der Waals surface area contributed by atoms with Crippen LogP contribution >= 0.6 is 0 Å². The van der Waals surface area contributed by atoms with Crippen LogP contribution in [0.25, 0.3) is 10.8 Å². The molecule has 0 radical (unpaired) electrons. The van der Waals surface area contributed by atoms with E-state index in [1.165, 1.54) is 0 Å². The van der Waals surface area contributed by atoms with Crippen molar-refractivity contribution in [2.24, 2.45) is 0 Å². The van der Waals surface area contributed by atoms with Crippen molar-refractivity contribution in [3.05, 3.63) is 72.3 Å². The van der Waals surface area contributed by atoms with Gasteiger partial charge in [-0.1, -0.05) is 36.4 Å². The first-order valence-electron chi connectivity index (χ1n) is 9.07. The number of nitrogens with one attached hydrogen (secondary N) is 1. The van der Waals surface area contributed by atoms with E-state index in [4.69, 9.17) is 4.74 Å². The fourth-order valence-corrected chi connectivity index (χ4v) is 3.27. The van der Waals surface area contributed by atoms with Crippen LogP contribution in [0.1, 0.15) is 23.2 Å². The molecule has 0 atom stereocenters. The summed E-state index contributed by atoms with van der Waals surface area (Å²) in [6, 6.07) is 20.3. The minimum atomic E-state index is -0.333. The van der Waals surface area contributed by atoms with Crippen LogP contribution in [-0.4, -0.2) is 30.0 Å². The number of fused-ring (bicyclic) bond motifs is 1. The molecule has 0 saturated carbocycles. The van der Waals surface area contributed by atoms with Gasteiger partial charge < -0.3 is 15.0 Å². The molecule has 0 unspecified atom stereocenters. The minimum Gasteiger partial charge on any atom is -0.410 e. The van der Waals surface area contributed by atoms with E-state index in [9.17, 15) is 9.59 Å². The van der Waals surface area contributed by atoms with Crippen LogP contribution in [0.4, 0.5) is 10.5 Å². The van der Waals surface area contributed by atoms with Gasteiger partial charge in [-0.25, -0.2) is 4.79 Å². The molecule has 0 aromatic heterocycles. The molecule has 136 valence electrons. The highest BCUT2D eigenvalue weighted by molar-refractivity contribution is 6.09. The Morgan fingerprint density at radius 2 is 1.56 bits per heavy atom. The van der Waals surface area contributed by atoms with E-state index in [0.717, 1.165) is 42.4 Å². The summed E-state index contributed by atoms with van der Waals surface area (Å²) in [5.41, 5.74) is 1.27. The lowest BCUT2D eigenvalue weighted by Crippen LogP contribution is -2.30. The van der Waals surface area contributed by atoms with Gasteiger partial charge in [-0.05, 0) is 48.6 Å². The average molecular weight is 360 g/mol. The first-order valence-corrected chi connectivity index (χ1v) is 9.07. The molecule has 5 heteroatoms. The Morgan fingerprint density at radius 3 is 2.33 bits per heavy atom. The number of rotatable bonds is 3. The quantitative estimate of drug-likeness (QED) is 0.737. The van der Waals surface area contributed by atoms with Gasteiger partial charge in [-0.15, -0.1) is 0 Å². The Balaban J connectivity index is 1.45. The van der Waals surface area contributed by atoms with Crippen LogP contribution in [0.2, 0.25) is 0 Å². The van der Waals surface area contributed by atoms with Crippen LogP contribution in [-0.2, 0) is 0 Å². The summed E-state index contributed by atoms with van der Waals surface area (Å²) in [5, 5.41) is 5.01. The van der Waals surface area contributed by atoms with Crippen molar-refractivity contribution in [3.63, 3.8) is 0 Å². The Labute approximate surface area is 157 Å². The van der Waals surface area contributed by atoms with Crippen molar-refractivity contribution in [1.29, 1.82) is 0 Å². The molecular formula is C22H20N2O3. The average Bonchev–Trinajstić information content (AvgIpc) is 3.24. The van der Waals surface area contributed by atoms with Gasteiger partial charge in [0, 0.05) is 29.7 Å². The highest BCUT2D eigenvalue weighted by atomic mass is 16.6. The van der Waals surface area contributed by atoms with Gasteiger partial charge in [-0.3, -0.25) is 4.79 Å². The summed E-state index contributed by atoms with van der Waals surface area (Å²) in [6.07, 6.45) is 1.70. The second-order valence-corrected chi connectivity index (χ2v) is 6.57. The maximum Gasteiger partial charge on any atom is 0.415 e. The zero-order valence-electron chi connectivity index (χ0n) is 14.9. The smallest absolute Gasteiger partial charge is 0.410 e. The van der Waals surface area contributed by atoms with Crippen molar-refractivity contribution in [3.8, 4) is 5.75 Å². The number of anilines is 1. The molecule has 4 rings (SSSR count). The number of carbonyl (C=O) groups excluding carboxylic acids is 2. The van der Waals surface area contributed by atoms with Gasteiger partial charge in [0.25, 0.3) is 5.91 Å². The normalized spacial score (nSPS) is 13.6. The lowest BCUT2D eigenvalue weighted by Gasteiger charge is -2.15. The third-order valence-electron chi connectivity index (χ3n) is 4.72. The second kappa shape index (κ2) is 7.50. The Hall–Kier alpha value is -3.34. The van der Waals surface area contributed by atoms with E-state index in [0.29, 0.717) is 11.3 Å². The number of ether oxygens (including phenoxy) is 1. The van der Waals surface area contributed by atoms with Gasteiger partial charge >= 0.3 is 6.09 Å². The fraction of sp³-hybridized carbons (Fsp3) is 0.182. The lowest BCUT2D eigenvalue weighted by atomic mass is 10.1. The number of amides is 2. The Morgan fingerprint density at radius 1 is 0.852 bits per heavy atom. The number of hydrogen-bond acceptors (Lipinski definition) is 3. The lowest BCUT2D eigenvalue weighted by molar-refractivity contribution is 0.102. The zero-order valence-corrected chi connectivity index (χ0v) is 14.9. The van der Waals surface area contributed by atoms with E-state index in [1.807, 2.05) is 42.5 Å². The Kier molecular flexibility index (Phi) is 4.75.